The Morgan fingerprint density at radius 2 is 1.95 bits per heavy atom. The minimum absolute atomic E-state index is 0.594. The summed E-state index contributed by atoms with van der Waals surface area (Å²) in [5.74, 6) is 1.85. The van der Waals surface area contributed by atoms with Crippen LogP contribution in [0.2, 0.25) is 0 Å². The van der Waals surface area contributed by atoms with Gasteiger partial charge < -0.3 is 15.5 Å². The first-order valence-electron chi connectivity index (χ1n) is 7.21. The molecule has 2 rings (SSSR count). The molecule has 106 valence electrons. The van der Waals surface area contributed by atoms with Crippen molar-refractivity contribution in [1.29, 1.82) is 0 Å². The Hall–Kier alpha value is -1.36. The van der Waals surface area contributed by atoms with E-state index in [0.29, 0.717) is 6.04 Å². The lowest BCUT2D eigenvalue weighted by atomic mass is 10.2. The zero-order chi connectivity index (χ0) is 13.5. The van der Waals surface area contributed by atoms with Crippen LogP contribution in [0, 0.1) is 0 Å². The van der Waals surface area contributed by atoms with E-state index in [9.17, 15) is 0 Å². The average molecular weight is 263 g/mol. The normalized spacial score (nSPS) is 15.9. The van der Waals surface area contributed by atoms with Crippen LogP contribution in [-0.4, -0.2) is 48.1 Å². The fourth-order valence-corrected chi connectivity index (χ4v) is 2.42. The van der Waals surface area contributed by atoms with Gasteiger partial charge in [-0.2, -0.15) is 0 Å². The summed E-state index contributed by atoms with van der Waals surface area (Å²) in [4.78, 5) is 10.7. The van der Waals surface area contributed by atoms with Crippen molar-refractivity contribution in [1.82, 2.24) is 14.9 Å². The van der Waals surface area contributed by atoms with Gasteiger partial charge in [0.2, 0.25) is 0 Å². The molecule has 1 aromatic heterocycles. The molecule has 0 spiro atoms. The minimum atomic E-state index is 0.594. The van der Waals surface area contributed by atoms with Gasteiger partial charge in [-0.15, -0.1) is 0 Å². The minimum Gasteiger partial charge on any atom is -0.370 e. The van der Waals surface area contributed by atoms with E-state index in [1.54, 1.807) is 6.33 Å². The van der Waals surface area contributed by atoms with E-state index in [-0.39, 0.29) is 0 Å². The molecule has 0 unspecified atom stereocenters. The molecule has 0 bridgehead atoms. The van der Waals surface area contributed by atoms with Gasteiger partial charge in [0.15, 0.2) is 0 Å². The van der Waals surface area contributed by atoms with Crippen LogP contribution in [0.3, 0.4) is 0 Å². The van der Waals surface area contributed by atoms with Gasteiger partial charge in [-0.1, -0.05) is 12.8 Å². The van der Waals surface area contributed by atoms with Crippen LogP contribution in [0.15, 0.2) is 12.4 Å². The van der Waals surface area contributed by atoms with Crippen molar-refractivity contribution in [2.45, 2.75) is 38.1 Å². The van der Waals surface area contributed by atoms with Crippen LogP contribution in [0.1, 0.15) is 32.1 Å². The third kappa shape index (κ3) is 5.03. The third-order valence-corrected chi connectivity index (χ3v) is 3.46. The van der Waals surface area contributed by atoms with Crippen LogP contribution in [0.25, 0.3) is 0 Å². The molecule has 1 aromatic rings. The number of aromatic nitrogens is 2. The Morgan fingerprint density at radius 3 is 2.68 bits per heavy atom. The first-order valence-corrected chi connectivity index (χ1v) is 7.21. The fourth-order valence-electron chi connectivity index (χ4n) is 2.42. The maximum atomic E-state index is 4.29. The standard InChI is InChI=1S/C14H25N5/c1-19(2)9-5-8-15-13-10-14(17-11-16-13)18-12-6-3-4-7-12/h10-12H,3-9H2,1-2H3,(H2,15,16,17,18). The lowest BCUT2D eigenvalue weighted by Gasteiger charge is -2.14. The van der Waals surface area contributed by atoms with E-state index in [2.05, 4.69) is 39.6 Å². The molecule has 0 aromatic carbocycles. The molecule has 2 N–H and O–H groups in total. The summed E-state index contributed by atoms with van der Waals surface area (Å²) in [6.07, 6.45) is 7.93. The third-order valence-electron chi connectivity index (χ3n) is 3.46. The first kappa shape index (κ1) is 14.1. The van der Waals surface area contributed by atoms with Crippen LogP contribution in [0.5, 0.6) is 0 Å². The van der Waals surface area contributed by atoms with Crippen LogP contribution in [0.4, 0.5) is 11.6 Å². The molecule has 5 nitrogen and oxygen atoms in total. The topological polar surface area (TPSA) is 53.1 Å². The number of nitrogens with zero attached hydrogens (tertiary/aromatic N) is 3. The predicted molar refractivity (Wildman–Crippen MR) is 79.6 cm³/mol. The molecule has 1 saturated carbocycles. The Kier molecular flexibility index (Phi) is 5.39. The van der Waals surface area contributed by atoms with Gasteiger partial charge in [0.1, 0.15) is 18.0 Å². The molecule has 0 aliphatic heterocycles. The van der Waals surface area contributed by atoms with Crippen molar-refractivity contribution in [3.8, 4) is 0 Å². The Balaban J connectivity index is 1.77. The zero-order valence-electron chi connectivity index (χ0n) is 12.0. The van der Waals surface area contributed by atoms with E-state index in [0.717, 1.165) is 31.1 Å². The van der Waals surface area contributed by atoms with E-state index in [1.807, 2.05) is 6.07 Å². The van der Waals surface area contributed by atoms with E-state index in [4.69, 9.17) is 0 Å². The highest BCUT2D eigenvalue weighted by Gasteiger charge is 2.14. The average Bonchev–Trinajstić information content (AvgIpc) is 2.88. The highest BCUT2D eigenvalue weighted by Crippen LogP contribution is 2.21. The van der Waals surface area contributed by atoms with Crippen molar-refractivity contribution < 1.29 is 0 Å². The Bertz CT molecular complexity index is 374. The molecule has 1 fully saturated rings. The van der Waals surface area contributed by atoms with Gasteiger partial charge in [0.25, 0.3) is 0 Å². The second-order valence-electron chi connectivity index (χ2n) is 5.50. The summed E-state index contributed by atoms with van der Waals surface area (Å²) in [6.45, 7) is 2.03. The van der Waals surface area contributed by atoms with Gasteiger partial charge in [-0.3, -0.25) is 0 Å². The molecule has 5 heteroatoms. The molecule has 1 aliphatic rings. The van der Waals surface area contributed by atoms with Gasteiger partial charge in [0.05, 0.1) is 0 Å². The molecule has 19 heavy (non-hydrogen) atoms. The molecule has 1 heterocycles. The van der Waals surface area contributed by atoms with Crippen molar-refractivity contribution in [2.75, 3.05) is 37.8 Å². The molecule has 0 atom stereocenters. The van der Waals surface area contributed by atoms with Crippen molar-refractivity contribution >= 4 is 11.6 Å². The second-order valence-corrected chi connectivity index (χ2v) is 5.50. The number of rotatable bonds is 7. The SMILES string of the molecule is CN(C)CCCNc1cc(NC2CCCC2)ncn1. The van der Waals surface area contributed by atoms with Gasteiger partial charge in [0, 0.05) is 18.7 Å². The number of hydrogen-bond acceptors (Lipinski definition) is 5. The molecule has 1 aliphatic carbocycles. The largest absolute Gasteiger partial charge is 0.370 e. The summed E-state index contributed by atoms with van der Waals surface area (Å²) >= 11 is 0. The lowest BCUT2D eigenvalue weighted by Crippen LogP contribution is -2.17. The molecule has 0 saturated heterocycles. The number of hydrogen-bond donors (Lipinski definition) is 2. The maximum Gasteiger partial charge on any atom is 0.131 e. The van der Waals surface area contributed by atoms with E-state index < -0.39 is 0 Å². The second kappa shape index (κ2) is 7.28. The summed E-state index contributed by atoms with van der Waals surface area (Å²) in [6, 6.07) is 2.60. The Morgan fingerprint density at radius 1 is 1.21 bits per heavy atom. The maximum absolute atomic E-state index is 4.29. The molecular weight excluding hydrogens is 238 g/mol. The van der Waals surface area contributed by atoms with Gasteiger partial charge in [-0.05, 0) is 39.9 Å². The lowest BCUT2D eigenvalue weighted by molar-refractivity contribution is 0.405. The van der Waals surface area contributed by atoms with E-state index in [1.165, 1.54) is 25.7 Å². The van der Waals surface area contributed by atoms with Crippen LogP contribution >= 0.6 is 0 Å². The fraction of sp³-hybridized carbons (Fsp3) is 0.714. The number of anilines is 2. The van der Waals surface area contributed by atoms with Gasteiger partial charge >= 0.3 is 0 Å². The first-order chi connectivity index (χ1) is 9.24. The van der Waals surface area contributed by atoms with Gasteiger partial charge in [-0.25, -0.2) is 9.97 Å². The van der Waals surface area contributed by atoms with Crippen molar-refractivity contribution in [3.63, 3.8) is 0 Å². The summed E-state index contributed by atoms with van der Waals surface area (Å²) < 4.78 is 0. The number of nitrogens with one attached hydrogen (secondary N) is 2. The molecular formula is C14H25N5. The Labute approximate surface area is 115 Å². The van der Waals surface area contributed by atoms with Crippen molar-refractivity contribution in [3.05, 3.63) is 12.4 Å². The highest BCUT2D eigenvalue weighted by atomic mass is 15.1. The summed E-state index contributed by atoms with van der Waals surface area (Å²) in [7, 11) is 4.18. The molecule has 0 amide bonds. The smallest absolute Gasteiger partial charge is 0.131 e. The molecule has 0 radical (unpaired) electrons. The van der Waals surface area contributed by atoms with Crippen LogP contribution < -0.4 is 10.6 Å². The highest BCUT2D eigenvalue weighted by molar-refractivity contribution is 5.46. The zero-order valence-corrected chi connectivity index (χ0v) is 12.0. The predicted octanol–water partition coefficient (Wildman–Crippen LogP) is 2.19. The quantitative estimate of drug-likeness (QED) is 0.739. The summed E-state index contributed by atoms with van der Waals surface area (Å²) in [5.41, 5.74) is 0. The van der Waals surface area contributed by atoms with Crippen molar-refractivity contribution in [2.24, 2.45) is 0 Å². The summed E-state index contributed by atoms with van der Waals surface area (Å²) in [5, 5.41) is 6.84. The monoisotopic (exact) mass is 263 g/mol. The van der Waals surface area contributed by atoms with Crippen LogP contribution in [-0.2, 0) is 0 Å². The van der Waals surface area contributed by atoms with E-state index >= 15 is 0 Å².